The zero-order valence-corrected chi connectivity index (χ0v) is 16.2. The summed E-state index contributed by atoms with van der Waals surface area (Å²) >= 11 is 0. The third-order valence-corrected chi connectivity index (χ3v) is 5.51. The first-order valence-electron chi connectivity index (χ1n) is 9.50. The number of anilines is 1. The number of aryl methyl sites for hydroxylation is 1. The highest BCUT2D eigenvalue weighted by Gasteiger charge is 2.24. The lowest BCUT2D eigenvalue weighted by Gasteiger charge is -2.39. The molecule has 3 aromatic rings. The van der Waals surface area contributed by atoms with Crippen molar-refractivity contribution in [2.75, 3.05) is 38.2 Å². The summed E-state index contributed by atoms with van der Waals surface area (Å²) in [6.07, 6.45) is 1.68. The topological polar surface area (TPSA) is 41.5 Å². The minimum atomic E-state index is 0.367. The molecular formula is C22H26N4O. The second-order valence-corrected chi connectivity index (χ2v) is 7.19. The van der Waals surface area contributed by atoms with E-state index in [1.54, 1.807) is 13.4 Å². The Morgan fingerprint density at radius 1 is 1.00 bits per heavy atom. The molecule has 1 aromatic heterocycles. The molecule has 2 heterocycles. The van der Waals surface area contributed by atoms with Crippen LogP contribution >= 0.6 is 0 Å². The van der Waals surface area contributed by atoms with Crippen LogP contribution in [0.5, 0.6) is 5.75 Å². The minimum Gasteiger partial charge on any atom is -0.497 e. The molecule has 1 unspecified atom stereocenters. The Balaban J connectivity index is 1.50. The maximum absolute atomic E-state index is 5.38. The fourth-order valence-corrected chi connectivity index (χ4v) is 3.84. The Hall–Kier alpha value is -2.66. The van der Waals surface area contributed by atoms with Crippen molar-refractivity contribution in [3.8, 4) is 5.75 Å². The molecule has 4 rings (SSSR count). The number of methoxy groups -OCH3 is 1. The van der Waals surface area contributed by atoms with Crippen molar-refractivity contribution in [3.63, 3.8) is 0 Å². The summed E-state index contributed by atoms with van der Waals surface area (Å²) in [5.74, 6) is 1.97. The van der Waals surface area contributed by atoms with Gasteiger partial charge in [0.2, 0.25) is 0 Å². The molecule has 27 heavy (non-hydrogen) atoms. The Kier molecular flexibility index (Phi) is 4.94. The summed E-state index contributed by atoms with van der Waals surface area (Å²) in [5.41, 5.74) is 3.55. The average molecular weight is 362 g/mol. The second-order valence-electron chi connectivity index (χ2n) is 7.19. The van der Waals surface area contributed by atoms with Gasteiger partial charge in [-0.15, -0.1) is 0 Å². The number of hydrogen-bond acceptors (Lipinski definition) is 5. The van der Waals surface area contributed by atoms with Gasteiger partial charge in [0, 0.05) is 37.6 Å². The molecule has 2 aromatic carbocycles. The molecule has 0 radical (unpaired) electrons. The van der Waals surface area contributed by atoms with Crippen LogP contribution in [-0.2, 0) is 0 Å². The molecular weight excluding hydrogens is 336 g/mol. The molecule has 0 aliphatic carbocycles. The van der Waals surface area contributed by atoms with Crippen molar-refractivity contribution < 1.29 is 4.74 Å². The van der Waals surface area contributed by atoms with Gasteiger partial charge in [0.05, 0.1) is 12.6 Å². The van der Waals surface area contributed by atoms with Gasteiger partial charge < -0.3 is 9.64 Å². The van der Waals surface area contributed by atoms with Crippen LogP contribution in [0.4, 0.5) is 5.82 Å². The van der Waals surface area contributed by atoms with Gasteiger partial charge in [-0.1, -0.05) is 23.8 Å². The first kappa shape index (κ1) is 17.7. The Morgan fingerprint density at radius 3 is 2.59 bits per heavy atom. The molecule has 1 aliphatic heterocycles. The minimum absolute atomic E-state index is 0.367. The van der Waals surface area contributed by atoms with Gasteiger partial charge in [-0.2, -0.15) is 0 Å². The molecule has 140 valence electrons. The van der Waals surface area contributed by atoms with Crippen molar-refractivity contribution in [1.29, 1.82) is 0 Å². The van der Waals surface area contributed by atoms with Crippen LogP contribution in [0.15, 0.2) is 48.8 Å². The normalized spacial score (nSPS) is 16.5. The molecule has 1 saturated heterocycles. The molecule has 1 atom stereocenters. The number of benzene rings is 2. The largest absolute Gasteiger partial charge is 0.497 e. The first-order valence-corrected chi connectivity index (χ1v) is 9.50. The molecule has 0 N–H and O–H groups in total. The van der Waals surface area contributed by atoms with Gasteiger partial charge in [0.15, 0.2) is 0 Å². The Morgan fingerprint density at radius 2 is 1.81 bits per heavy atom. The maximum Gasteiger partial charge on any atom is 0.139 e. The van der Waals surface area contributed by atoms with Gasteiger partial charge in [-0.25, -0.2) is 9.97 Å². The Bertz CT molecular complexity index is 934. The number of fused-ring (bicyclic) bond motifs is 1. The summed E-state index contributed by atoms with van der Waals surface area (Å²) in [6, 6.07) is 15.1. The summed E-state index contributed by atoms with van der Waals surface area (Å²) in [5, 5.41) is 1.15. The van der Waals surface area contributed by atoms with Gasteiger partial charge >= 0.3 is 0 Å². The summed E-state index contributed by atoms with van der Waals surface area (Å²) in [6.45, 7) is 8.34. The third kappa shape index (κ3) is 3.60. The van der Waals surface area contributed by atoms with Crippen molar-refractivity contribution in [2.24, 2.45) is 0 Å². The smallest absolute Gasteiger partial charge is 0.139 e. The summed E-state index contributed by atoms with van der Waals surface area (Å²) in [7, 11) is 1.72. The maximum atomic E-state index is 5.38. The quantitative estimate of drug-likeness (QED) is 0.706. The lowest BCUT2D eigenvalue weighted by molar-refractivity contribution is 0.198. The zero-order chi connectivity index (χ0) is 18.8. The van der Waals surface area contributed by atoms with E-state index in [4.69, 9.17) is 4.74 Å². The highest BCUT2D eigenvalue weighted by atomic mass is 16.5. The van der Waals surface area contributed by atoms with E-state index in [1.165, 1.54) is 11.1 Å². The van der Waals surface area contributed by atoms with Crippen molar-refractivity contribution in [3.05, 3.63) is 59.9 Å². The highest BCUT2D eigenvalue weighted by molar-refractivity contribution is 5.89. The van der Waals surface area contributed by atoms with Crippen molar-refractivity contribution >= 4 is 16.7 Å². The van der Waals surface area contributed by atoms with E-state index < -0.39 is 0 Å². The molecule has 0 amide bonds. The molecule has 0 bridgehead atoms. The van der Waals surface area contributed by atoms with Crippen LogP contribution in [0, 0.1) is 6.92 Å². The van der Waals surface area contributed by atoms with Crippen LogP contribution in [0.25, 0.3) is 10.9 Å². The standard InChI is InChI=1S/C22H26N4O/c1-16-7-8-21-20(13-16)22(24-15-23-21)26-11-9-25(10-12-26)17(2)18-5-4-6-19(14-18)27-3/h4-8,13-15,17H,9-12H2,1-3H3. The predicted molar refractivity (Wildman–Crippen MR) is 109 cm³/mol. The van der Waals surface area contributed by atoms with Crippen molar-refractivity contribution in [1.82, 2.24) is 14.9 Å². The van der Waals surface area contributed by atoms with E-state index in [-0.39, 0.29) is 0 Å². The number of rotatable bonds is 4. The average Bonchev–Trinajstić information content (AvgIpc) is 2.73. The predicted octanol–water partition coefficient (Wildman–Crippen LogP) is 3.83. The van der Waals surface area contributed by atoms with Crippen molar-refractivity contribution in [2.45, 2.75) is 19.9 Å². The van der Waals surface area contributed by atoms with Crippen LogP contribution in [0.3, 0.4) is 0 Å². The van der Waals surface area contributed by atoms with Crippen LogP contribution in [-0.4, -0.2) is 48.2 Å². The van der Waals surface area contributed by atoms with Gasteiger partial charge in [-0.05, 0) is 43.7 Å². The molecule has 1 aliphatic rings. The van der Waals surface area contributed by atoms with Gasteiger partial charge in [0.25, 0.3) is 0 Å². The zero-order valence-electron chi connectivity index (χ0n) is 16.2. The lowest BCUT2D eigenvalue weighted by atomic mass is 10.1. The monoisotopic (exact) mass is 362 g/mol. The molecule has 0 saturated carbocycles. The lowest BCUT2D eigenvalue weighted by Crippen LogP contribution is -2.47. The van der Waals surface area contributed by atoms with E-state index in [9.17, 15) is 0 Å². The van der Waals surface area contributed by atoms with Gasteiger partial charge in [-0.3, -0.25) is 4.90 Å². The molecule has 5 nitrogen and oxygen atoms in total. The van der Waals surface area contributed by atoms with Crippen LogP contribution in [0.2, 0.25) is 0 Å². The number of ether oxygens (including phenoxy) is 1. The van der Waals surface area contributed by atoms with E-state index in [1.807, 2.05) is 6.07 Å². The fraction of sp³-hybridized carbons (Fsp3) is 0.364. The third-order valence-electron chi connectivity index (χ3n) is 5.51. The van der Waals surface area contributed by atoms with E-state index in [0.29, 0.717) is 6.04 Å². The van der Waals surface area contributed by atoms with Crippen LogP contribution < -0.4 is 9.64 Å². The first-order chi connectivity index (χ1) is 13.2. The molecule has 1 fully saturated rings. The Labute approximate surface area is 160 Å². The number of nitrogens with zero attached hydrogens (tertiary/aromatic N) is 4. The fourth-order valence-electron chi connectivity index (χ4n) is 3.84. The summed E-state index contributed by atoms with van der Waals surface area (Å²) in [4.78, 5) is 13.9. The van der Waals surface area contributed by atoms with E-state index >= 15 is 0 Å². The van der Waals surface area contributed by atoms with Crippen LogP contribution in [0.1, 0.15) is 24.1 Å². The van der Waals surface area contributed by atoms with E-state index in [2.05, 4.69) is 70.0 Å². The number of piperazine rings is 1. The van der Waals surface area contributed by atoms with Gasteiger partial charge in [0.1, 0.15) is 17.9 Å². The summed E-state index contributed by atoms with van der Waals surface area (Å²) < 4.78 is 5.38. The highest BCUT2D eigenvalue weighted by Crippen LogP contribution is 2.28. The molecule has 0 spiro atoms. The van der Waals surface area contributed by atoms with E-state index in [0.717, 1.165) is 48.6 Å². The number of hydrogen-bond donors (Lipinski definition) is 0. The SMILES string of the molecule is COc1cccc(C(C)N2CCN(c3ncnc4ccc(C)cc34)CC2)c1. The number of aromatic nitrogens is 2. The second kappa shape index (κ2) is 7.53. The molecule has 5 heteroatoms.